The van der Waals surface area contributed by atoms with Crippen LogP contribution in [-0.2, 0) is 4.79 Å². The van der Waals surface area contributed by atoms with E-state index >= 15 is 0 Å². The van der Waals surface area contributed by atoms with E-state index in [0.717, 1.165) is 19.5 Å². The molecule has 13 heavy (non-hydrogen) atoms. The summed E-state index contributed by atoms with van der Waals surface area (Å²) in [6, 6.07) is 0.356. The molecule has 0 aromatic rings. The Kier molecular flexibility index (Phi) is 2.04. The summed E-state index contributed by atoms with van der Waals surface area (Å²) >= 11 is 0. The SMILES string of the molecule is CC1(C)CC(=O)N(C2CCNC2)N1. The normalized spacial score (nSPS) is 32.9. The Bertz CT molecular complexity index is 221. The molecule has 0 saturated carbocycles. The molecule has 4 heteroatoms. The van der Waals surface area contributed by atoms with Crippen molar-refractivity contribution >= 4 is 5.91 Å². The maximum atomic E-state index is 11.6. The van der Waals surface area contributed by atoms with E-state index < -0.39 is 0 Å². The van der Waals surface area contributed by atoms with Crippen LogP contribution in [0.5, 0.6) is 0 Å². The fraction of sp³-hybridized carbons (Fsp3) is 0.889. The number of nitrogens with one attached hydrogen (secondary N) is 2. The molecule has 2 N–H and O–H groups in total. The zero-order valence-electron chi connectivity index (χ0n) is 8.26. The molecule has 0 bridgehead atoms. The molecular weight excluding hydrogens is 166 g/mol. The van der Waals surface area contributed by atoms with Crippen molar-refractivity contribution < 1.29 is 4.79 Å². The van der Waals surface area contributed by atoms with Crippen molar-refractivity contribution in [1.29, 1.82) is 0 Å². The standard InChI is InChI=1S/C9H17N3O/c1-9(2)5-8(13)12(11-9)7-3-4-10-6-7/h7,10-11H,3-6H2,1-2H3. The topological polar surface area (TPSA) is 44.4 Å². The summed E-state index contributed by atoms with van der Waals surface area (Å²) in [5, 5.41) is 5.08. The van der Waals surface area contributed by atoms with Crippen LogP contribution in [0.2, 0.25) is 0 Å². The minimum atomic E-state index is -0.0559. The number of hydrazine groups is 1. The molecule has 2 rings (SSSR count). The average molecular weight is 183 g/mol. The predicted molar refractivity (Wildman–Crippen MR) is 50.0 cm³/mol. The molecule has 0 aromatic carbocycles. The average Bonchev–Trinajstić information content (AvgIpc) is 2.56. The first-order valence-corrected chi connectivity index (χ1v) is 4.89. The first-order valence-electron chi connectivity index (χ1n) is 4.89. The molecule has 1 unspecified atom stereocenters. The number of rotatable bonds is 1. The van der Waals surface area contributed by atoms with E-state index in [1.807, 2.05) is 5.01 Å². The van der Waals surface area contributed by atoms with Crippen LogP contribution in [0.25, 0.3) is 0 Å². The fourth-order valence-electron chi connectivity index (χ4n) is 2.05. The maximum Gasteiger partial charge on any atom is 0.238 e. The van der Waals surface area contributed by atoms with E-state index in [-0.39, 0.29) is 11.4 Å². The summed E-state index contributed by atoms with van der Waals surface area (Å²) in [5.41, 5.74) is 3.21. The first-order chi connectivity index (χ1) is 6.08. The highest BCUT2D eigenvalue weighted by molar-refractivity contribution is 5.79. The van der Waals surface area contributed by atoms with Crippen molar-refractivity contribution in [3.8, 4) is 0 Å². The molecule has 74 valence electrons. The zero-order valence-corrected chi connectivity index (χ0v) is 8.26. The highest BCUT2D eigenvalue weighted by atomic mass is 16.2. The molecule has 1 amide bonds. The summed E-state index contributed by atoms with van der Waals surface area (Å²) in [7, 11) is 0. The van der Waals surface area contributed by atoms with Crippen molar-refractivity contribution in [2.24, 2.45) is 0 Å². The monoisotopic (exact) mass is 183 g/mol. The third-order valence-electron chi connectivity index (χ3n) is 2.68. The first kappa shape index (κ1) is 8.97. The lowest BCUT2D eigenvalue weighted by Crippen LogP contribution is -2.48. The Labute approximate surface area is 78.6 Å². The minimum absolute atomic E-state index is 0.0559. The second kappa shape index (κ2) is 2.96. The van der Waals surface area contributed by atoms with E-state index in [4.69, 9.17) is 0 Å². The van der Waals surface area contributed by atoms with Gasteiger partial charge in [0, 0.05) is 18.5 Å². The molecule has 1 atom stereocenters. The summed E-state index contributed by atoms with van der Waals surface area (Å²) < 4.78 is 0. The van der Waals surface area contributed by atoms with Gasteiger partial charge in [-0.3, -0.25) is 9.80 Å². The van der Waals surface area contributed by atoms with Gasteiger partial charge in [0.2, 0.25) is 5.91 Å². The minimum Gasteiger partial charge on any atom is -0.315 e. The third kappa shape index (κ3) is 1.69. The Morgan fingerprint density at radius 1 is 1.54 bits per heavy atom. The van der Waals surface area contributed by atoms with Gasteiger partial charge in [-0.05, 0) is 26.8 Å². The van der Waals surface area contributed by atoms with Crippen LogP contribution in [-0.4, -0.2) is 35.6 Å². The van der Waals surface area contributed by atoms with Crippen LogP contribution in [0.3, 0.4) is 0 Å². The molecule has 4 nitrogen and oxygen atoms in total. The molecule has 0 spiro atoms. The molecule has 0 radical (unpaired) electrons. The van der Waals surface area contributed by atoms with Crippen molar-refractivity contribution in [2.75, 3.05) is 13.1 Å². The van der Waals surface area contributed by atoms with Crippen LogP contribution in [0.15, 0.2) is 0 Å². The summed E-state index contributed by atoms with van der Waals surface area (Å²) in [6.45, 7) is 6.08. The van der Waals surface area contributed by atoms with Crippen molar-refractivity contribution in [3.05, 3.63) is 0 Å². The van der Waals surface area contributed by atoms with Gasteiger partial charge in [-0.25, -0.2) is 5.43 Å². The molecule has 2 saturated heterocycles. The van der Waals surface area contributed by atoms with Gasteiger partial charge in [0.25, 0.3) is 0 Å². The highest BCUT2D eigenvalue weighted by Gasteiger charge is 2.39. The summed E-state index contributed by atoms with van der Waals surface area (Å²) in [4.78, 5) is 11.6. The van der Waals surface area contributed by atoms with Crippen LogP contribution < -0.4 is 10.7 Å². The summed E-state index contributed by atoms with van der Waals surface area (Å²) in [6.07, 6.45) is 1.68. The Morgan fingerprint density at radius 3 is 2.77 bits per heavy atom. The number of hydrogen-bond donors (Lipinski definition) is 2. The number of carbonyl (C=O) groups is 1. The number of carbonyl (C=O) groups excluding carboxylic acids is 1. The van der Waals surface area contributed by atoms with Gasteiger partial charge < -0.3 is 5.32 Å². The largest absolute Gasteiger partial charge is 0.315 e. The number of nitrogens with zero attached hydrogens (tertiary/aromatic N) is 1. The second-order valence-corrected chi connectivity index (χ2v) is 4.58. The molecule has 0 aromatic heterocycles. The van der Waals surface area contributed by atoms with E-state index in [1.165, 1.54) is 0 Å². The van der Waals surface area contributed by atoms with E-state index in [9.17, 15) is 4.79 Å². The van der Waals surface area contributed by atoms with Gasteiger partial charge in [0.1, 0.15) is 0 Å². The lowest BCUT2D eigenvalue weighted by molar-refractivity contribution is -0.131. The van der Waals surface area contributed by atoms with Gasteiger partial charge >= 0.3 is 0 Å². The van der Waals surface area contributed by atoms with Crippen LogP contribution in [0, 0.1) is 0 Å². The van der Waals surface area contributed by atoms with Crippen LogP contribution >= 0.6 is 0 Å². The maximum absolute atomic E-state index is 11.6. The second-order valence-electron chi connectivity index (χ2n) is 4.58. The molecule has 2 fully saturated rings. The third-order valence-corrected chi connectivity index (χ3v) is 2.68. The molecule has 2 heterocycles. The molecular formula is C9H17N3O. The van der Waals surface area contributed by atoms with Crippen molar-refractivity contribution in [3.63, 3.8) is 0 Å². The van der Waals surface area contributed by atoms with E-state index in [0.29, 0.717) is 12.5 Å². The number of hydrogen-bond acceptors (Lipinski definition) is 3. The molecule has 2 aliphatic heterocycles. The Hall–Kier alpha value is -0.610. The fourth-order valence-corrected chi connectivity index (χ4v) is 2.05. The molecule has 0 aliphatic carbocycles. The van der Waals surface area contributed by atoms with E-state index in [2.05, 4.69) is 24.6 Å². The lowest BCUT2D eigenvalue weighted by atomic mass is 10.0. The number of amides is 1. The highest BCUT2D eigenvalue weighted by Crippen LogP contribution is 2.22. The van der Waals surface area contributed by atoms with Gasteiger partial charge in [0.15, 0.2) is 0 Å². The predicted octanol–water partition coefficient (Wildman–Crippen LogP) is -0.136. The Balaban J connectivity index is 2.04. The quantitative estimate of drug-likeness (QED) is 0.595. The Morgan fingerprint density at radius 2 is 2.31 bits per heavy atom. The van der Waals surface area contributed by atoms with Gasteiger partial charge in [-0.15, -0.1) is 0 Å². The molecule has 2 aliphatic rings. The van der Waals surface area contributed by atoms with Crippen LogP contribution in [0.1, 0.15) is 26.7 Å². The van der Waals surface area contributed by atoms with Gasteiger partial charge in [0.05, 0.1) is 6.04 Å². The zero-order chi connectivity index (χ0) is 9.47. The van der Waals surface area contributed by atoms with Gasteiger partial charge in [-0.2, -0.15) is 0 Å². The smallest absolute Gasteiger partial charge is 0.238 e. The van der Waals surface area contributed by atoms with Crippen molar-refractivity contribution in [1.82, 2.24) is 15.8 Å². The van der Waals surface area contributed by atoms with E-state index in [1.54, 1.807) is 0 Å². The van der Waals surface area contributed by atoms with Crippen molar-refractivity contribution in [2.45, 2.75) is 38.3 Å². The van der Waals surface area contributed by atoms with Crippen LogP contribution in [0.4, 0.5) is 0 Å². The van der Waals surface area contributed by atoms with Gasteiger partial charge in [-0.1, -0.05) is 0 Å². The lowest BCUT2D eigenvalue weighted by Gasteiger charge is -2.26. The summed E-state index contributed by atoms with van der Waals surface area (Å²) in [5.74, 6) is 0.235.